The van der Waals surface area contributed by atoms with Crippen molar-refractivity contribution in [2.75, 3.05) is 19.1 Å². The smallest absolute Gasteiger partial charge is 0.332 e. The van der Waals surface area contributed by atoms with Crippen LogP contribution in [0, 0.1) is 0 Å². The molecule has 0 aromatic carbocycles. The van der Waals surface area contributed by atoms with Crippen LogP contribution in [0.2, 0.25) is 0 Å². The van der Waals surface area contributed by atoms with E-state index < -0.39 is 0 Å². The topological polar surface area (TPSA) is 26.3 Å². The minimum absolute atomic E-state index is 0.229. The SMILES string of the molecule is CCCCOC(=O)C=C(SC)SC. The summed E-state index contributed by atoms with van der Waals surface area (Å²) in [6.07, 6.45) is 7.43. The highest BCUT2D eigenvalue weighted by Crippen LogP contribution is 2.22. The van der Waals surface area contributed by atoms with Crippen LogP contribution in [0.1, 0.15) is 19.8 Å². The molecule has 0 unspecified atom stereocenters. The summed E-state index contributed by atoms with van der Waals surface area (Å²) < 4.78 is 5.96. The highest BCUT2D eigenvalue weighted by Gasteiger charge is 2.00. The Morgan fingerprint density at radius 2 is 2.00 bits per heavy atom. The Balaban J connectivity index is 3.76. The van der Waals surface area contributed by atoms with Crippen LogP contribution >= 0.6 is 23.5 Å². The Labute approximate surface area is 88.5 Å². The summed E-state index contributed by atoms with van der Waals surface area (Å²) in [5, 5.41) is 0. The Hall–Kier alpha value is -0.0900. The van der Waals surface area contributed by atoms with Crippen LogP contribution in [0.5, 0.6) is 0 Å². The van der Waals surface area contributed by atoms with E-state index in [0.29, 0.717) is 6.61 Å². The van der Waals surface area contributed by atoms with E-state index in [1.807, 2.05) is 12.5 Å². The van der Waals surface area contributed by atoms with Gasteiger partial charge in [0.05, 0.1) is 6.61 Å². The highest BCUT2D eigenvalue weighted by atomic mass is 32.2. The molecular formula is C9H16O2S2. The Bertz CT molecular complexity index is 172. The average molecular weight is 220 g/mol. The van der Waals surface area contributed by atoms with Gasteiger partial charge in [-0.15, -0.1) is 23.5 Å². The Kier molecular flexibility index (Phi) is 8.45. The van der Waals surface area contributed by atoms with Crippen molar-refractivity contribution in [2.45, 2.75) is 19.8 Å². The van der Waals surface area contributed by atoms with E-state index in [2.05, 4.69) is 6.92 Å². The van der Waals surface area contributed by atoms with Gasteiger partial charge in [0, 0.05) is 10.3 Å². The van der Waals surface area contributed by atoms with Gasteiger partial charge in [-0.05, 0) is 18.9 Å². The molecule has 0 saturated carbocycles. The van der Waals surface area contributed by atoms with Crippen molar-refractivity contribution >= 4 is 29.5 Å². The number of thioether (sulfide) groups is 2. The first kappa shape index (κ1) is 12.9. The first-order valence-corrected chi connectivity index (χ1v) is 6.66. The molecule has 0 fully saturated rings. The van der Waals surface area contributed by atoms with Gasteiger partial charge in [-0.25, -0.2) is 4.79 Å². The second-order valence-corrected chi connectivity index (χ2v) is 4.35. The van der Waals surface area contributed by atoms with Gasteiger partial charge in [-0.3, -0.25) is 0 Å². The third kappa shape index (κ3) is 7.02. The van der Waals surface area contributed by atoms with Gasteiger partial charge in [0.2, 0.25) is 0 Å². The summed E-state index contributed by atoms with van der Waals surface area (Å²) in [5.74, 6) is -0.229. The van der Waals surface area contributed by atoms with Gasteiger partial charge in [0.1, 0.15) is 0 Å². The molecule has 0 aliphatic rings. The van der Waals surface area contributed by atoms with E-state index in [0.717, 1.165) is 17.1 Å². The van der Waals surface area contributed by atoms with E-state index >= 15 is 0 Å². The zero-order chi connectivity index (χ0) is 10.1. The van der Waals surface area contributed by atoms with Gasteiger partial charge in [0.25, 0.3) is 0 Å². The zero-order valence-electron chi connectivity index (χ0n) is 8.33. The van der Waals surface area contributed by atoms with Crippen LogP contribution in [-0.2, 0) is 9.53 Å². The van der Waals surface area contributed by atoms with Gasteiger partial charge in [0.15, 0.2) is 0 Å². The molecule has 0 amide bonds. The zero-order valence-corrected chi connectivity index (χ0v) is 9.96. The molecule has 76 valence electrons. The van der Waals surface area contributed by atoms with E-state index in [4.69, 9.17) is 4.74 Å². The fourth-order valence-corrected chi connectivity index (χ4v) is 1.75. The molecule has 0 aromatic rings. The molecule has 0 aliphatic heterocycles. The van der Waals surface area contributed by atoms with Crippen molar-refractivity contribution in [1.29, 1.82) is 0 Å². The fourth-order valence-electron chi connectivity index (χ4n) is 0.656. The minimum atomic E-state index is -0.229. The highest BCUT2D eigenvalue weighted by molar-refractivity contribution is 8.21. The normalized spacial score (nSPS) is 9.46. The molecule has 0 spiro atoms. The van der Waals surface area contributed by atoms with Crippen LogP contribution in [0.15, 0.2) is 10.3 Å². The maximum Gasteiger partial charge on any atom is 0.332 e. The lowest BCUT2D eigenvalue weighted by atomic mass is 10.4. The van der Waals surface area contributed by atoms with Crippen molar-refractivity contribution in [3.8, 4) is 0 Å². The first-order valence-electron chi connectivity index (χ1n) is 4.21. The van der Waals surface area contributed by atoms with Crippen LogP contribution < -0.4 is 0 Å². The average Bonchev–Trinajstić information content (AvgIpc) is 2.14. The molecule has 0 radical (unpaired) electrons. The molecule has 4 heteroatoms. The number of hydrogen-bond donors (Lipinski definition) is 0. The maximum absolute atomic E-state index is 11.1. The molecule has 0 aromatic heterocycles. The lowest BCUT2D eigenvalue weighted by Crippen LogP contribution is -2.02. The van der Waals surface area contributed by atoms with Crippen LogP contribution in [0.3, 0.4) is 0 Å². The minimum Gasteiger partial charge on any atom is -0.462 e. The lowest BCUT2D eigenvalue weighted by Gasteiger charge is -2.01. The third-order valence-corrected chi connectivity index (χ3v) is 3.42. The number of unbranched alkanes of at least 4 members (excludes halogenated alkanes) is 1. The molecule has 0 N–H and O–H groups in total. The van der Waals surface area contributed by atoms with Crippen molar-refractivity contribution < 1.29 is 9.53 Å². The van der Waals surface area contributed by atoms with E-state index in [1.165, 1.54) is 0 Å². The third-order valence-electron chi connectivity index (χ3n) is 1.38. The molecule has 0 heterocycles. The number of rotatable bonds is 6. The predicted octanol–water partition coefficient (Wildman–Crippen LogP) is 2.90. The van der Waals surface area contributed by atoms with Gasteiger partial charge >= 0.3 is 5.97 Å². The number of ether oxygens (including phenoxy) is 1. The van der Waals surface area contributed by atoms with E-state index in [-0.39, 0.29) is 5.97 Å². The molecular weight excluding hydrogens is 204 g/mol. The Morgan fingerprint density at radius 1 is 1.38 bits per heavy atom. The molecule has 2 nitrogen and oxygen atoms in total. The summed E-state index contributed by atoms with van der Waals surface area (Å²) in [6, 6.07) is 0. The van der Waals surface area contributed by atoms with Crippen LogP contribution in [0.25, 0.3) is 0 Å². The molecule has 13 heavy (non-hydrogen) atoms. The molecule has 0 aliphatic carbocycles. The summed E-state index contributed by atoms with van der Waals surface area (Å²) in [6.45, 7) is 2.60. The molecule has 0 atom stereocenters. The number of carbonyl (C=O) groups is 1. The molecule has 0 saturated heterocycles. The summed E-state index contributed by atoms with van der Waals surface area (Å²) in [4.78, 5) is 11.1. The quantitative estimate of drug-likeness (QED) is 0.390. The van der Waals surface area contributed by atoms with Crippen molar-refractivity contribution in [1.82, 2.24) is 0 Å². The summed E-state index contributed by atoms with van der Waals surface area (Å²) >= 11 is 3.12. The lowest BCUT2D eigenvalue weighted by molar-refractivity contribution is -0.137. The van der Waals surface area contributed by atoms with E-state index in [1.54, 1.807) is 29.6 Å². The first-order chi connectivity index (χ1) is 6.24. The second kappa shape index (κ2) is 8.51. The summed E-state index contributed by atoms with van der Waals surface area (Å²) in [5.41, 5.74) is 0. The predicted molar refractivity (Wildman–Crippen MR) is 61.0 cm³/mol. The maximum atomic E-state index is 11.1. The van der Waals surface area contributed by atoms with Crippen molar-refractivity contribution in [3.05, 3.63) is 10.3 Å². The number of hydrogen-bond acceptors (Lipinski definition) is 4. The van der Waals surface area contributed by atoms with Gasteiger partial charge in [-0.2, -0.15) is 0 Å². The van der Waals surface area contributed by atoms with Crippen LogP contribution in [-0.4, -0.2) is 25.1 Å². The van der Waals surface area contributed by atoms with Gasteiger partial charge in [-0.1, -0.05) is 13.3 Å². The van der Waals surface area contributed by atoms with Gasteiger partial charge < -0.3 is 4.74 Å². The standard InChI is InChI=1S/C9H16O2S2/c1-4-5-6-11-8(10)7-9(12-2)13-3/h7H,4-6H2,1-3H3. The van der Waals surface area contributed by atoms with E-state index in [9.17, 15) is 4.79 Å². The fraction of sp³-hybridized carbons (Fsp3) is 0.667. The van der Waals surface area contributed by atoms with Crippen molar-refractivity contribution in [2.24, 2.45) is 0 Å². The largest absolute Gasteiger partial charge is 0.462 e. The van der Waals surface area contributed by atoms with Crippen molar-refractivity contribution in [3.63, 3.8) is 0 Å². The van der Waals surface area contributed by atoms with Crippen LogP contribution in [0.4, 0.5) is 0 Å². The summed E-state index contributed by atoms with van der Waals surface area (Å²) in [7, 11) is 0. The molecule has 0 bridgehead atoms. The Morgan fingerprint density at radius 3 is 2.46 bits per heavy atom. The number of carbonyl (C=O) groups excluding carboxylic acids is 1. The molecule has 0 rings (SSSR count). The monoisotopic (exact) mass is 220 g/mol. The second-order valence-electron chi connectivity index (χ2n) is 2.39. The number of esters is 1.